The second-order valence-electron chi connectivity index (χ2n) is 6.20. The number of likely N-dealkylation sites (tertiary alicyclic amines) is 1. The minimum atomic E-state index is -0.00652. The van der Waals surface area contributed by atoms with Gasteiger partial charge in [0, 0.05) is 6.54 Å². The predicted octanol–water partition coefficient (Wildman–Crippen LogP) is 2.70. The molecule has 1 rings (SSSR count). The molecular weight excluding hydrogens is 214 g/mol. The molecule has 1 atom stereocenters. The van der Waals surface area contributed by atoms with Crippen molar-refractivity contribution in [1.82, 2.24) is 4.90 Å². The fourth-order valence-electron chi connectivity index (χ4n) is 2.20. The molecule has 1 aliphatic rings. The first-order valence-corrected chi connectivity index (χ1v) is 6.81. The Kier molecular flexibility index (Phi) is 5.44. The lowest BCUT2D eigenvalue weighted by atomic mass is 9.91. The number of piperidine rings is 1. The normalized spacial score (nSPS) is 22.5. The molecule has 1 aliphatic heterocycles. The summed E-state index contributed by atoms with van der Waals surface area (Å²) in [4.78, 5) is 14.1. The molecule has 1 fully saturated rings. The van der Waals surface area contributed by atoms with Crippen LogP contribution in [-0.2, 0) is 9.53 Å². The number of carbonyl (C=O) groups excluding carboxylic acids is 1. The van der Waals surface area contributed by atoms with Gasteiger partial charge < -0.3 is 9.64 Å². The smallest absolute Gasteiger partial charge is 0.310 e. The van der Waals surface area contributed by atoms with E-state index in [4.69, 9.17) is 4.74 Å². The molecule has 0 N–H and O–H groups in total. The van der Waals surface area contributed by atoms with E-state index in [-0.39, 0.29) is 11.9 Å². The van der Waals surface area contributed by atoms with Crippen LogP contribution < -0.4 is 0 Å². The van der Waals surface area contributed by atoms with E-state index in [2.05, 4.69) is 25.7 Å². The minimum Gasteiger partial charge on any atom is -0.466 e. The number of esters is 1. The van der Waals surface area contributed by atoms with Gasteiger partial charge in [0.15, 0.2) is 0 Å². The topological polar surface area (TPSA) is 29.5 Å². The van der Waals surface area contributed by atoms with Gasteiger partial charge in [-0.15, -0.1) is 0 Å². The summed E-state index contributed by atoms with van der Waals surface area (Å²) < 4.78 is 5.11. The van der Waals surface area contributed by atoms with Crippen LogP contribution in [0.25, 0.3) is 0 Å². The summed E-state index contributed by atoms with van der Waals surface area (Å²) in [5.74, 6) is 0.0941. The van der Waals surface area contributed by atoms with Crippen LogP contribution in [0.1, 0.15) is 47.0 Å². The molecule has 0 aromatic rings. The zero-order valence-electron chi connectivity index (χ0n) is 11.8. The fraction of sp³-hybridized carbons (Fsp3) is 0.929. The first-order valence-electron chi connectivity index (χ1n) is 6.81. The lowest BCUT2D eigenvalue weighted by Crippen LogP contribution is -2.40. The summed E-state index contributed by atoms with van der Waals surface area (Å²) in [6.07, 6.45) is 3.29. The zero-order chi connectivity index (χ0) is 12.9. The largest absolute Gasteiger partial charge is 0.466 e. The number of carbonyl (C=O) groups is 1. The maximum atomic E-state index is 11.7. The molecule has 1 unspecified atom stereocenters. The highest BCUT2D eigenvalue weighted by atomic mass is 16.5. The van der Waals surface area contributed by atoms with Crippen LogP contribution in [-0.4, -0.2) is 37.1 Å². The van der Waals surface area contributed by atoms with E-state index >= 15 is 0 Å². The van der Waals surface area contributed by atoms with Gasteiger partial charge in [0.1, 0.15) is 0 Å². The lowest BCUT2D eigenvalue weighted by molar-refractivity contribution is -0.149. The molecule has 0 saturated carbocycles. The van der Waals surface area contributed by atoms with E-state index in [1.807, 2.05) is 6.92 Å². The average molecular weight is 241 g/mol. The summed E-state index contributed by atoms with van der Waals surface area (Å²) in [7, 11) is 0. The van der Waals surface area contributed by atoms with Crippen LogP contribution >= 0.6 is 0 Å². The monoisotopic (exact) mass is 241 g/mol. The van der Waals surface area contributed by atoms with Crippen molar-refractivity contribution in [3.63, 3.8) is 0 Å². The van der Waals surface area contributed by atoms with Crippen LogP contribution in [0.15, 0.2) is 0 Å². The van der Waals surface area contributed by atoms with Crippen molar-refractivity contribution in [2.75, 3.05) is 26.2 Å². The van der Waals surface area contributed by atoms with Gasteiger partial charge in [0.05, 0.1) is 12.5 Å². The van der Waals surface area contributed by atoms with E-state index in [0.29, 0.717) is 12.0 Å². The third kappa shape index (κ3) is 5.53. The Morgan fingerprint density at radius 1 is 1.41 bits per heavy atom. The Bertz CT molecular complexity index is 245. The van der Waals surface area contributed by atoms with Crippen molar-refractivity contribution in [2.24, 2.45) is 11.3 Å². The molecule has 1 heterocycles. The number of hydrogen-bond donors (Lipinski definition) is 0. The second kappa shape index (κ2) is 6.39. The summed E-state index contributed by atoms with van der Waals surface area (Å²) in [5, 5.41) is 0. The minimum absolute atomic E-state index is 0.00652. The summed E-state index contributed by atoms with van der Waals surface area (Å²) in [6, 6.07) is 0. The van der Waals surface area contributed by atoms with Crippen molar-refractivity contribution in [3.8, 4) is 0 Å². The Balaban J connectivity index is 2.36. The molecule has 100 valence electrons. The van der Waals surface area contributed by atoms with Gasteiger partial charge in [-0.05, 0) is 44.7 Å². The quantitative estimate of drug-likeness (QED) is 0.709. The van der Waals surface area contributed by atoms with Crippen molar-refractivity contribution < 1.29 is 9.53 Å². The van der Waals surface area contributed by atoms with Crippen molar-refractivity contribution in [1.29, 1.82) is 0 Å². The van der Waals surface area contributed by atoms with Crippen molar-refractivity contribution in [2.45, 2.75) is 47.0 Å². The van der Waals surface area contributed by atoms with E-state index in [1.165, 1.54) is 6.42 Å². The van der Waals surface area contributed by atoms with Crippen LogP contribution in [0.5, 0.6) is 0 Å². The third-order valence-corrected chi connectivity index (χ3v) is 3.30. The highest BCUT2D eigenvalue weighted by Crippen LogP contribution is 2.22. The van der Waals surface area contributed by atoms with Crippen molar-refractivity contribution in [3.05, 3.63) is 0 Å². The molecule has 0 radical (unpaired) electrons. The van der Waals surface area contributed by atoms with E-state index in [0.717, 1.165) is 32.5 Å². The van der Waals surface area contributed by atoms with Gasteiger partial charge in [0.25, 0.3) is 0 Å². The van der Waals surface area contributed by atoms with Crippen molar-refractivity contribution >= 4 is 5.97 Å². The van der Waals surface area contributed by atoms with E-state index in [1.54, 1.807) is 0 Å². The van der Waals surface area contributed by atoms with Crippen LogP contribution in [0, 0.1) is 11.3 Å². The SMILES string of the molecule is CCOC(=O)C1CCCN(CCC(C)(C)C)C1. The van der Waals surface area contributed by atoms with Gasteiger partial charge in [-0.1, -0.05) is 20.8 Å². The summed E-state index contributed by atoms with van der Waals surface area (Å²) in [6.45, 7) is 12.3. The molecule has 0 aromatic carbocycles. The lowest BCUT2D eigenvalue weighted by Gasteiger charge is -2.33. The zero-order valence-corrected chi connectivity index (χ0v) is 11.8. The Morgan fingerprint density at radius 2 is 2.12 bits per heavy atom. The van der Waals surface area contributed by atoms with Gasteiger partial charge >= 0.3 is 5.97 Å². The maximum absolute atomic E-state index is 11.7. The molecule has 3 heteroatoms. The first kappa shape index (κ1) is 14.5. The number of nitrogens with zero attached hydrogens (tertiary/aromatic N) is 1. The highest BCUT2D eigenvalue weighted by molar-refractivity contribution is 5.72. The number of ether oxygens (including phenoxy) is 1. The Morgan fingerprint density at radius 3 is 2.71 bits per heavy atom. The molecule has 1 saturated heterocycles. The maximum Gasteiger partial charge on any atom is 0.310 e. The predicted molar refractivity (Wildman–Crippen MR) is 69.9 cm³/mol. The van der Waals surface area contributed by atoms with Gasteiger partial charge in [-0.2, -0.15) is 0 Å². The standard InChI is InChI=1S/C14H27NO2/c1-5-17-13(16)12-7-6-9-15(11-12)10-8-14(2,3)4/h12H,5-11H2,1-4H3. The second-order valence-corrected chi connectivity index (χ2v) is 6.20. The summed E-state index contributed by atoms with van der Waals surface area (Å²) in [5.41, 5.74) is 0.372. The van der Waals surface area contributed by atoms with Crippen LogP contribution in [0.4, 0.5) is 0 Å². The van der Waals surface area contributed by atoms with E-state index < -0.39 is 0 Å². The van der Waals surface area contributed by atoms with E-state index in [9.17, 15) is 4.79 Å². The Hall–Kier alpha value is -0.570. The molecular formula is C14H27NO2. The molecule has 0 aromatic heterocycles. The molecule has 17 heavy (non-hydrogen) atoms. The molecule has 0 spiro atoms. The molecule has 0 bridgehead atoms. The van der Waals surface area contributed by atoms with Gasteiger partial charge in [-0.25, -0.2) is 0 Å². The van der Waals surface area contributed by atoms with Crippen LogP contribution in [0.3, 0.4) is 0 Å². The van der Waals surface area contributed by atoms with Crippen LogP contribution in [0.2, 0.25) is 0 Å². The molecule has 3 nitrogen and oxygen atoms in total. The average Bonchev–Trinajstić information content (AvgIpc) is 2.26. The third-order valence-electron chi connectivity index (χ3n) is 3.30. The first-order chi connectivity index (χ1) is 7.92. The number of hydrogen-bond acceptors (Lipinski definition) is 3. The molecule has 0 aliphatic carbocycles. The molecule has 0 amide bonds. The van der Waals surface area contributed by atoms with Gasteiger partial charge in [-0.3, -0.25) is 4.79 Å². The Labute approximate surface area is 106 Å². The fourth-order valence-corrected chi connectivity index (χ4v) is 2.20. The highest BCUT2D eigenvalue weighted by Gasteiger charge is 2.27. The number of rotatable bonds is 4. The van der Waals surface area contributed by atoms with Gasteiger partial charge in [0.2, 0.25) is 0 Å². The summed E-state index contributed by atoms with van der Waals surface area (Å²) >= 11 is 0.